The summed E-state index contributed by atoms with van der Waals surface area (Å²) < 4.78 is 0. The van der Waals surface area contributed by atoms with Crippen LogP contribution in [-0.2, 0) is 4.79 Å². The van der Waals surface area contributed by atoms with Crippen molar-refractivity contribution in [3.05, 3.63) is 0 Å². The fraction of sp³-hybridized carbons (Fsp3) is 0.900. The molecule has 0 fully saturated rings. The van der Waals surface area contributed by atoms with Crippen LogP contribution in [0.15, 0.2) is 0 Å². The number of amides is 1. The van der Waals surface area contributed by atoms with E-state index in [9.17, 15) is 9.90 Å². The smallest absolute Gasteiger partial charge is 0.219 e. The highest BCUT2D eigenvalue weighted by Gasteiger charge is 2.22. The molecule has 0 aromatic heterocycles. The first-order valence-corrected chi connectivity index (χ1v) is 4.69. The zero-order valence-corrected chi connectivity index (χ0v) is 9.29. The summed E-state index contributed by atoms with van der Waals surface area (Å²) in [5.74, 6) is 0.275. The highest BCUT2D eigenvalue weighted by atomic mass is 16.3. The first-order chi connectivity index (χ1) is 5.75. The minimum Gasteiger partial charge on any atom is -0.390 e. The first kappa shape index (κ1) is 12.4. The summed E-state index contributed by atoms with van der Waals surface area (Å²) >= 11 is 0. The lowest BCUT2D eigenvalue weighted by Gasteiger charge is -2.27. The van der Waals surface area contributed by atoms with Gasteiger partial charge in [-0.05, 0) is 26.2 Å². The van der Waals surface area contributed by atoms with Crippen molar-refractivity contribution in [1.82, 2.24) is 4.90 Å². The maximum atomic E-state index is 10.9. The van der Waals surface area contributed by atoms with Gasteiger partial charge in [-0.15, -0.1) is 0 Å². The van der Waals surface area contributed by atoms with Crippen LogP contribution >= 0.6 is 0 Å². The van der Waals surface area contributed by atoms with E-state index in [0.717, 1.165) is 6.42 Å². The van der Waals surface area contributed by atoms with Crippen LogP contribution in [0, 0.1) is 5.92 Å². The summed E-state index contributed by atoms with van der Waals surface area (Å²) in [4.78, 5) is 12.5. The van der Waals surface area contributed by atoms with Crippen LogP contribution in [0.3, 0.4) is 0 Å². The number of hydrogen-bond donors (Lipinski definition) is 1. The maximum absolute atomic E-state index is 10.9. The molecule has 0 aromatic carbocycles. The Morgan fingerprint density at radius 1 is 1.54 bits per heavy atom. The highest BCUT2D eigenvalue weighted by molar-refractivity contribution is 5.72. The number of carbonyl (C=O) groups is 1. The molecule has 0 radical (unpaired) electrons. The van der Waals surface area contributed by atoms with Gasteiger partial charge in [-0.25, -0.2) is 0 Å². The van der Waals surface area contributed by atoms with E-state index in [1.54, 1.807) is 32.7 Å². The third-order valence-corrected chi connectivity index (χ3v) is 2.64. The molecule has 0 aromatic rings. The zero-order chi connectivity index (χ0) is 10.6. The van der Waals surface area contributed by atoms with Crippen molar-refractivity contribution >= 4 is 5.91 Å². The summed E-state index contributed by atoms with van der Waals surface area (Å²) in [6.07, 6.45) is 0.833. The molecule has 13 heavy (non-hydrogen) atoms. The van der Waals surface area contributed by atoms with Crippen molar-refractivity contribution in [2.75, 3.05) is 13.6 Å². The van der Waals surface area contributed by atoms with Gasteiger partial charge in [0.1, 0.15) is 0 Å². The van der Waals surface area contributed by atoms with Crippen LogP contribution in [-0.4, -0.2) is 35.1 Å². The molecular weight excluding hydrogens is 166 g/mol. The van der Waals surface area contributed by atoms with Crippen molar-refractivity contribution in [1.29, 1.82) is 0 Å². The van der Waals surface area contributed by atoms with E-state index in [2.05, 4.69) is 0 Å². The van der Waals surface area contributed by atoms with Crippen LogP contribution < -0.4 is 0 Å². The molecule has 1 atom stereocenters. The number of carbonyl (C=O) groups excluding carboxylic acids is 1. The van der Waals surface area contributed by atoms with Crippen molar-refractivity contribution in [3.8, 4) is 0 Å². The summed E-state index contributed by atoms with van der Waals surface area (Å²) in [5, 5.41) is 9.63. The Morgan fingerprint density at radius 3 is 2.31 bits per heavy atom. The van der Waals surface area contributed by atoms with Gasteiger partial charge < -0.3 is 10.0 Å². The molecule has 3 nitrogen and oxygen atoms in total. The Morgan fingerprint density at radius 2 is 2.00 bits per heavy atom. The minimum atomic E-state index is -0.655. The monoisotopic (exact) mass is 187 g/mol. The standard InChI is InChI=1S/C10H21NO2/c1-8(10(3,4)13)6-7-11(5)9(2)12/h8,13H,6-7H2,1-5H3. The van der Waals surface area contributed by atoms with Crippen molar-refractivity contribution < 1.29 is 9.90 Å². The molecule has 0 rings (SSSR count). The van der Waals surface area contributed by atoms with Crippen molar-refractivity contribution in [3.63, 3.8) is 0 Å². The summed E-state index contributed by atoms with van der Waals surface area (Å²) in [5.41, 5.74) is -0.655. The van der Waals surface area contributed by atoms with E-state index in [4.69, 9.17) is 0 Å². The van der Waals surface area contributed by atoms with Gasteiger partial charge >= 0.3 is 0 Å². The molecule has 1 N–H and O–H groups in total. The topological polar surface area (TPSA) is 40.5 Å². The summed E-state index contributed by atoms with van der Waals surface area (Å²) in [6.45, 7) is 7.85. The van der Waals surface area contributed by atoms with E-state index in [1.807, 2.05) is 6.92 Å². The van der Waals surface area contributed by atoms with E-state index in [-0.39, 0.29) is 11.8 Å². The molecule has 0 heterocycles. The fourth-order valence-electron chi connectivity index (χ4n) is 0.898. The zero-order valence-electron chi connectivity index (χ0n) is 9.29. The average molecular weight is 187 g/mol. The van der Waals surface area contributed by atoms with Gasteiger partial charge in [0.15, 0.2) is 0 Å². The maximum Gasteiger partial charge on any atom is 0.219 e. The van der Waals surface area contributed by atoms with Gasteiger partial charge in [0, 0.05) is 20.5 Å². The second-order valence-electron chi connectivity index (χ2n) is 4.28. The van der Waals surface area contributed by atoms with Crippen LogP contribution in [0.2, 0.25) is 0 Å². The third kappa shape index (κ3) is 4.88. The Balaban J connectivity index is 3.83. The van der Waals surface area contributed by atoms with Crippen LogP contribution in [0.4, 0.5) is 0 Å². The Labute approximate surface area is 80.7 Å². The quantitative estimate of drug-likeness (QED) is 0.720. The molecule has 1 amide bonds. The van der Waals surface area contributed by atoms with Gasteiger partial charge in [-0.3, -0.25) is 4.79 Å². The van der Waals surface area contributed by atoms with Gasteiger partial charge in [-0.1, -0.05) is 6.92 Å². The SMILES string of the molecule is CC(=O)N(C)CCC(C)C(C)(C)O. The van der Waals surface area contributed by atoms with Crippen molar-refractivity contribution in [2.45, 2.75) is 39.7 Å². The van der Waals surface area contributed by atoms with E-state index in [0.29, 0.717) is 6.54 Å². The molecule has 0 aliphatic carbocycles. The van der Waals surface area contributed by atoms with Gasteiger partial charge in [-0.2, -0.15) is 0 Å². The fourth-order valence-corrected chi connectivity index (χ4v) is 0.898. The largest absolute Gasteiger partial charge is 0.390 e. The average Bonchev–Trinajstić information content (AvgIpc) is 1.97. The Hall–Kier alpha value is -0.570. The van der Waals surface area contributed by atoms with Crippen LogP contribution in [0.1, 0.15) is 34.1 Å². The molecule has 0 saturated carbocycles. The lowest BCUT2D eigenvalue weighted by atomic mass is 9.90. The number of nitrogens with zero attached hydrogens (tertiary/aromatic N) is 1. The molecule has 0 aliphatic rings. The number of aliphatic hydroxyl groups is 1. The molecule has 0 aliphatic heterocycles. The summed E-state index contributed by atoms with van der Waals surface area (Å²) in [7, 11) is 1.78. The highest BCUT2D eigenvalue weighted by Crippen LogP contribution is 2.19. The predicted molar refractivity (Wildman–Crippen MR) is 53.4 cm³/mol. The molecule has 0 saturated heterocycles. The third-order valence-electron chi connectivity index (χ3n) is 2.64. The van der Waals surface area contributed by atoms with Crippen LogP contribution in [0.25, 0.3) is 0 Å². The van der Waals surface area contributed by atoms with E-state index >= 15 is 0 Å². The van der Waals surface area contributed by atoms with E-state index in [1.165, 1.54) is 0 Å². The first-order valence-electron chi connectivity index (χ1n) is 4.69. The van der Waals surface area contributed by atoms with Crippen LogP contribution in [0.5, 0.6) is 0 Å². The molecule has 78 valence electrons. The second kappa shape index (κ2) is 4.61. The van der Waals surface area contributed by atoms with Crippen molar-refractivity contribution in [2.24, 2.45) is 5.92 Å². The minimum absolute atomic E-state index is 0.0722. The number of hydrogen-bond acceptors (Lipinski definition) is 2. The summed E-state index contributed by atoms with van der Waals surface area (Å²) in [6, 6.07) is 0. The molecule has 1 unspecified atom stereocenters. The Bertz CT molecular complexity index is 172. The molecule has 0 spiro atoms. The van der Waals surface area contributed by atoms with E-state index < -0.39 is 5.60 Å². The molecular formula is C10H21NO2. The lowest BCUT2D eigenvalue weighted by molar-refractivity contribution is -0.127. The Kier molecular flexibility index (Phi) is 4.40. The second-order valence-corrected chi connectivity index (χ2v) is 4.28. The van der Waals surface area contributed by atoms with Gasteiger partial charge in [0.2, 0.25) is 5.91 Å². The lowest BCUT2D eigenvalue weighted by Crippen LogP contribution is -2.33. The predicted octanol–water partition coefficient (Wildman–Crippen LogP) is 1.26. The number of rotatable bonds is 4. The van der Waals surface area contributed by atoms with Gasteiger partial charge in [0.25, 0.3) is 0 Å². The molecule has 0 bridgehead atoms. The normalized spacial score (nSPS) is 14.0. The van der Waals surface area contributed by atoms with Gasteiger partial charge in [0.05, 0.1) is 5.60 Å². The molecule has 3 heteroatoms.